The zero-order chi connectivity index (χ0) is 12.0. The quantitative estimate of drug-likeness (QED) is 0.448. The van der Waals surface area contributed by atoms with Gasteiger partial charge in [-0.15, -0.1) is 11.6 Å². The topological polar surface area (TPSA) is 43.4 Å². The minimum absolute atomic E-state index is 0.0433. The summed E-state index contributed by atoms with van der Waals surface area (Å²) < 4.78 is 4.52. The molecule has 0 fully saturated rings. The van der Waals surface area contributed by atoms with Crippen molar-refractivity contribution in [3.8, 4) is 0 Å². The molecule has 1 rings (SSSR count). The molecule has 0 aliphatic rings. The molecule has 0 aliphatic carbocycles. The Morgan fingerprint density at radius 3 is 2.44 bits per heavy atom. The molecule has 1 atom stereocenters. The Morgan fingerprint density at radius 2 is 1.94 bits per heavy atom. The first-order valence-electron chi connectivity index (χ1n) is 4.89. The Labute approximate surface area is 99.4 Å². The van der Waals surface area contributed by atoms with E-state index in [1.54, 1.807) is 0 Å². The molecule has 16 heavy (non-hydrogen) atoms. The number of rotatable bonds is 5. The first kappa shape index (κ1) is 12.7. The third-order valence-electron chi connectivity index (χ3n) is 2.25. The highest BCUT2D eigenvalue weighted by Gasteiger charge is 2.26. The summed E-state index contributed by atoms with van der Waals surface area (Å²) in [5.41, 5.74) is 0.867. The first-order chi connectivity index (χ1) is 7.69. The molecule has 0 bridgehead atoms. The Hall–Kier alpha value is -1.35. The SMILES string of the molecule is COC(=O)C(CCl)C(=O)Cc1ccccc1. The molecular weight excluding hydrogens is 228 g/mol. The molecule has 1 unspecified atom stereocenters. The Bertz CT molecular complexity index is 362. The van der Waals surface area contributed by atoms with Crippen molar-refractivity contribution in [2.45, 2.75) is 6.42 Å². The van der Waals surface area contributed by atoms with Crippen LogP contribution in [0.2, 0.25) is 0 Å². The molecule has 1 aromatic rings. The number of carbonyl (C=O) groups is 2. The highest BCUT2D eigenvalue weighted by Crippen LogP contribution is 2.09. The summed E-state index contributed by atoms with van der Waals surface area (Å²) in [7, 11) is 1.25. The van der Waals surface area contributed by atoms with Crippen LogP contribution in [-0.2, 0) is 20.7 Å². The molecule has 0 aliphatic heterocycles. The van der Waals surface area contributed by atoms with E-state index in [0.717, 1.165) is 5.56 Å². The van der Waals surface area contributed by atoms with Gasteiger partial charge in [0.25, 0.3) is 0 Å². The van der Waals surface area contributed by atoms with E-state index in [9.17, 15) is 9.59 Å². The van der Waals surface area contributed by atoms with E-state index >= 15 is 0 Å². The lowest BCUT2D eigenvalue weighted by atomic mass is 9.99. The fraction of sp³-hybridized carbons (Fsp3) is 0.333. The average Bonchev–Trinajstić information content (AvgIpc) is 2.31. The van der Waals surface area contributed by atoms with Gasteiger partial charge in [-0.2, -0.15) is 0 Å². The fourth-order valence-electron chi connectivity index (χ4n) is 1.34. The standard InChI is InChI=1S/C12H13ClO3/c1-16-12(15)10(8-13)11(14)7-9-5-3-2-4-6-9/h2-6,10H,7-8H2,1H3. The number of carbonyl (C=O) groups excluding carboxylic acids is 2. The van der Waals surface area contributed by atoms with E-state index < -0.39 is 11.9 Å². The van der Waals surface area contributed by atoms with Gasteiger partial charge in [0.05, 0.1) is 7.11 Å². The van der Waals surface area contributed by atoms with Crippen LogP contribution in [0, 0.1) is 5.92 Å². The molecule has 0 saturated heterocycles. The van der Waals surface area contributed by atoms with E-state index in [2.05, 4.69) is 4.74 Å². The van der Waals surface area contributed by atoms with Gasteiger partial charge in [-0.1, -0.05) is 30.3 Å². The van der Waals surface area contributed by atoms with Gasteiger partial charge in [-0.05, 0) is 5.56 Å². The smallest absolute Gasteiger partial charge is 0.317 e. The van der Waals surface area contributed by atoms with Crippen LogP contribution >= 0.6 is 11.6 Å². The monoisotopic (exact) mass is 240 g/mol. The van der Waals surface area contributed by atoms with E-state index in [1.807, 2.05) is 30.3 Å². The van der Waals surface area contributed by atoms with Crippen LogP contribution in [0.25, 0.3) is 0 Å². The van der Waals surface area contributed by atoms with Gasteiger partial charge >= 0.3 is 5.97 Å². The lowest BCUT2D eigenvalue weighted by Crippen LogP contribution is -2.28. The molecule has 3 nitrogen and oxygen atoms in total. The van der Waals surface area contributed by atoms with Crippen molar-refractivity contribution in [2.75, 3.05) is 13.0 Å². The lowest BCUT2D eigenvalue weighted by molar-refractivity contribution is -0.148. The maximum Gasteiger partial charge on any atom is 0.317 e. The van der Waals surface area contributed by atoms with Crippen molar-refractivity contribution in [2.24, 2.45) is 5.92 Å². The molecule has 4 heteroatoms. The number of alkyl halides is 1. The average molecular weight is 241 g/mol. The zero-order valence-electron chi connectivity index (χ0n) is 8.98. The lowest BCUT2D eigenvalue weighted by Gasteiger charge is -2.10. The summed E-state index contributed by atoms with van der Waals surface area (Å²) in [6.45, 7) is 0. The number of esters is 1. The minimum atomic E-state index is -0.869. The number of ketones is 1. The van der Waals surface area contributed by atoms with Crippen LogP contribution < -0.4 is 0 Å². The van der Waals surface area contributed by atoms with E-state index in [1.165, 1.54) is 7.11 Å². The Morgan fingerprint density at radius 1 is 1.31 bits per heavy atom. The predicted octanol–water partition coefficient (Wildman–Crippen LogP) is 1.83. The molecular formula is C12H13ClO3. The van der Waals surface area contributed by atoms with Crippen molar-refractivity contribution < 1.29 is 14.3 Å². The molecule has 1 aromatic carbocycles. The maximum absolute atomic E-state index is 11.8. The number of hydrogen-bond acceptors (Lipinski definition) is 3. The second-order valence-corrected chi connectivity index (χ2v) is 3.67. The minimum Gasteiger partial charge on any atom is -0.468 e. The number of halogens is 1. The fourth-order valence-corrected chi connectivity index (χ4v) is 1.64. The summed E-state index contributed by atoms with van der Waals surface area (Å²) in [4.78, 5) is 23.0. The summed E-state index contributed by atoms with van der Waals surface area (Å²) in [5.74, 6) is -1.70. The molecule has 0 saturated carbocycles. The largest absolute Gasteiger partial charge is 0.468 e. The molecule has 0 aromatic heterocycles. The maximum atomic E-state index is 11.8. The van der Waals surface area contributed by atoms with Crippen LogP contribution in [0.15, 0.2) is 30.3 Å². The van der Waals surface area contributed by atoms with Gasteiger partial charge in [0, 0.05) is 12.3 Å². The number of Topliss-reactive ketones (excluding diaryl/α,β-unsaturated/α-hetero) is 1. The zero-order valence-corrected chi connectivity index (χ0v) is 9.74. The van der Waals surface area contributed by atoms with Crippen LogP contribution in [0.4, 0.5) is 0 Å². The first-order valence-corrected chi connectivity index (χ1v) is 5.43. The van der Waals surface area contributed by atoms with Gasteiger partial charge in [-0.3, -0.25) is 9.59 Å². The number of methoxy groups -OCH3 is 1. The highest BCUT2D eigenvalue weighted by molar-refractivity contribution is 6.22. The summed E-state index contributed by atoms with van der Waals surface area (Å²) in [6.07, 6.45) is 0.202. The Kier molecular flexibility index (Phi) is 4.99. The molecule has 0 heterocycles. The van der Waals surface area contributed by atoms with Gasteiger partial charge < -0.3 is 4.74 Å². The van der Waals surface area contributed by atoms with Crippen molar-refractivity contribution >= 4 is 23.4 Å². The number of benzene rings is 1. The Balaban J connectivity index is 2.67. The van der Waals surface area contributed by atoms with E-state index in [0.29, 0.717) is 0 Å². The second kappa shape index (κ2) is 6.28. The highest BCUT2D eigenvalue weighted by atomic mass is 35.5. The van der Waals surface area contributed by atoms with Gasteiger partial charge in [0.2, 0.25) is 0 Å². The van der Waals surface area contributed by atoms with Crippen molar-refractivity contribution in [3.63, 3.8) is 0 Å². The third kappa shape index (κ3) is 3.35. The molecule has 0 N–H and O–H groups in total. The predicted molar refractivity (Wildman–Crippen MR) is 61.4 cm³/mol. The van der Waals surface area contributed by atoms with Crippen LogP contribution in [0.5, 0.6) is 0 Å². The normalized spacial score (nSPS) is 11.9. The van der Waals surface area contributed by atoms with E-state index in [4.69, 9.17) is 11.6 Å². The van der Waals surface area contributed by atoms with Crippen LogP contribution in [0.3, 0.4) is 0 Å². The van der Waals surface area contributed by atoms with Crippen molar-refractivity contribution in [1.29, 1.82) is 0 Å². The second-order valence-electron chi connectivity index (χ2n) is 3.36. The molecule has 0 radical (unpaired) electrons. The van der Waals surface area contributed by atoms with Gasteiger partial charge in [-0.25, -0.2) is 0 Å². The van der Waals surface area contributed by atoms with Crippen LogP contribution in [0.1, 0.15) is 5.56 Å². The number of hydrogen-bond donors (Lipinski definition) is 0. The summed E-state index contributed by atoms with van der Waals surface area (Å²) in [5, 5.41) is 0. The summed E-state index contributed by atoms with van der Waals surface area (Å²) in [6, 6.07) is 9.22. The van der Waals surface area contributed by atoms with E-state index in [-0.39, 0.29) is 18.1 Å². The van der Waals surface area contributed by atoms with Crippen molar-refractivity contribution in [3.05, 3.63) is 35.9 Å². The molecule has 0 spiro atoms. The number of ether oxygens (including phenoxy) is 1. The van der Waals surface area contributed by atoms with Gasteiger partial charge in [0.15, 0.2) is 5.78 Å². The third-order valence-corrected chi connectivity index (χ3v) is 2.56. The molecule has 0 amide bonds. The van der Waals surface area contributed by atoms with Crippen LogP contribution in [-0.4, -0.2) is 24.7 Å². The summed E-state index contributed by atoms with van der Waals surface area (Å²) >= 11 is 5.58. The molecule has 86 valence electrons. The van der Waals surface area contributed by atoms with Crippen molar-refractivity contribution in [1.82, 2.24) is 0 Å². The van der Waals surface area contributed by atoms with Gasteiger partial charge in [0.1, 0.15) is 5.92 Å².